The van der Waals surface area contributed by atoms with Crippen LogP contribution in [0.3, 0.4) is 0 Å². The van der Waals surface area contributed by atoms with E-state index >= 15 is 0 Å². The van der Waals surface area contributed by atoms with Crippen LogP contribution in [-0.2, 0) is 0 Å². The van der Waals surface area contributed by atoms with E-state index < -0.39 is 0 Å². The molecule has 0 aliphatic carbocycles. The second kappa shape index (κ2) is 3.44. The number of benzene rings is 1. The Hall–Kier alpha value is -0.930. The average molecular weight is 192 g/mol. The van der Waals surface area contributed by atoms with Gasteiger partial charge in [0, 0.05) is 6.04 Å². The smallest absolute Gasteiger partial charge is 0.0815 e. The van der Waals surface area contributed by atoms with Gasteiger partial charge in [0.05, 0.1) is 15.7 Å². The molecular formula is C10H12N2S. The van der Waals surface area contributed by atoms with Gasteiger partial charge in [-0.05, 0) is 31.7 Å². The van der Waals surface area contributed by atoms with Crippen LogP contribution in [0.4, 0.5) is 0 Å². The average Bonchev–Trinajstić information content (AvgIpc) is 2.63. The summed E-state index contributed by atoms with van der Waals surface area (Å²) in [6.07, 6.45) is 0. The zero-order chi connectivity index (χ0) is 9.26. The molecule has 1 unspecified atom stereocenters. The van der Waals surface area contributed by atoms with Gasteiger partial charge in [0.15, 0.2) is 0 Å². The summed E-state index contributed by atoms with van der Waals surface area (Å²) >= 11 is 1.68. The Kier molecular flexibility index (Phi) is 2.29. The Morgan fingerprint density at radius 3 is 3.08 bits per heavy atom. The van der Waals surface area contributed by atoms with E-state index in [2.05, 4.69) is 35.4 Å². The highest BCUT2D eigenvalue weighted by Gasteiger charge is 2.03. The normalized spacial score (nSPS) is 13.4. The largest absolute Gasteiger partial charge is 0.313 e. The third-order valence-corrected chi connectivity index (χ3v) is 3.10. The molecule has 1 atom stereocenters. The molecule has 2 aromatic rings. The molecule has 3 heteroatoms. The zero-order valence-electron chi connectivity index (χ0n) is 7.74. The fourth-order valence-electron chi connectivity index (χ4n) is 1.31. The molecule has 68 valence electrons. The molecule has 13 heavy (non-hydrogen) atoms. The second-order valence-electron chi connectivity index (χ2n) is 3.09. The first-order chi connectivity index (χ1) is 6.31. The quantitative estimate of drug-likeness (QED) is 0.791. The first kappa shape index (κ1) is 8.66. The fraction of sp³-hybridized carbons (Fsp3) is 0.300. The lowest BCUT2D eigenvalue weighted by molar-refractivity contribution is 0.653. The summed E-state index contributed by atoms with van der Waals surface area (Å²) in [6.45, 7) is 2.15. The standard InChI is InChI=1S/C10H12N2S/c1-7(11-2)8-3-4-10-9(5-8)12-6-13-10/h3-7,11H,1-2H3. The van der Waals surface area contributed by atoms with Crippen LogP contribution in [-0.4, -0.2) is 12.0 Å². The van der Waals surface area contributed by atoms with E-state index in [-0.39, 0.29) is 0 Å². The summed E-state index contributed by atoms with van der Waals surface area (Å²) in [4.78, 5) is 4.29. The predicted octanol–water partition coefficient (Wildman–Crippen LogP) is 2.58. The Balaban J connectivity index is 2.48. The van der Waals surface area contributed by atoms with E-state index in [1.54, 1.807) is 11.3 Å². The highest BCUT2D eigenvalue weighted by Crippen LogP contribution is 2.21. The lowest BCUT2D eigenvalue weighted by Crippen LogP contribution is -2.11. The topological polar surface area (TPSA) is 24.9 Å². The molecule has 1 heterocycles. The van der Waals surface area contributed by atoms with Crippen LogP contribution in [0, 0.1) is 0 Å². The third kappa shape index (κ3) is 1.57. The van der Waals surface area contributed by atoms with Gasteiger partial charge in [-0.2, -0.15) is 0 Å². The molecule has 2 rings (SSSR count). The predicted molar refractivity (Wildman–Crippen MR) is 57.1 cm³/mol. The lowest BCUT2D eigenvalue weighted by Gasteiger charge is -2.09. The molecule has 2 nitrogen and oxygen atoms in total. The van der Waals surface area contributed by atoms with E-state index in [1.807, 2.05) is 12.6 Å². The number of nitrogens with zero attached hydrogens (tertiary/aromatic N) is 1. The lowest BCUT2D eigenvalue weighted by atomic mass is 10.1. The Morgan fingerprint density at radius 2 is 2.31 bits per heavy atom. The van der Waals surface area contributed by atoms with Crippen LogP contribution in [0.15, 0.2) is 23.7 Å². The summed E-state index contributed by atoms with van der Waals surface area (Å²) in [7, 11) is 1.97. The molecule has 0 aliphatic heterocycles. The van der Waals surface area contributed by atoms with E-state index in [0.29, 0.717) is 6.04 Å². The Morgan fingerprint density at radius 1 is 1.46 bits per heavy atom. The van der Waals surface area contributed by atoms with Crippen molar-refractivity contribution in [1.29, 1.82) is 0 Å². The summed E-state index contributed by atoms with van der Waals surface area (Å²) in [5.41, 5.74) is 4.28. The maximum atomic E-state index is 4.29. The van der Waals surface area contributed by atoms with Crippen molar-refractivity contribution in [3.8, 4) is 0 Å². The highest BCUT2D eigenvalue weighted by molar-refractivity contribution is 7.16. The van der Waals surface area contributed by atoms with Crippen LogP contribution in [0.25, 0.3) is 10.2 Å². The molecule has 1 N–H and O–H groups in total. The summed E-state index contributed by atoms with van der Waals surface area (Å²) in [6, 6.07) is 6.83. The van der Waals surface area contributed by atoms with Gasteiger partial charge in [0.1, 0.15) is 0 Å². The molecule has 0 aliphatic rings. The number of hydrogen-bond donors (Lipinski definition) is 1. The number of fused-ring (bicyclic) bond motifs is 1. The fourth-order valence-corrected chi connectivity index (χ4v) is 1.97. The van der Waals surface area contributed by atoms with Crippen LogP contribution in [0.2, 0.25) is 0 Å². The maximum Gasteiger partial charge on any atom is 0.0815 e. The van der Waals surface area contributed by atoms with Gasteiger partial charge >= 0.3 is 0 Å². The van der Waals surface area contributed by atoms with Crippen LogP contribution >= 0.6 is 11.3 Å². The number of thiazole rings is 1. The Labute approximate surface area is 81.6 Å². The van der Waals surface area contributed by atoms with Gasteiger partial charge in [0.2, 0.25) is 0 Å². The molecule has 0 fully saturated rings. The molecule has 0 spiro atoms. The van der Waals surface area contributed by atoms with E-state index in [4.69, 9.17) is 0 Å². The van der Waals surface area contributed by atoms with Gasteiger partial charge in [-0.15, -0.1) is 11.3 Å². The third-order valence-electron chi connectivity index (χ3n) is 2.29. The molecule has 0 saturated heterocycles. The second-order valence-corrected chi connectivity index (χ2v) is 3.98. The van der Waals surface area contributed by atoms with Gasteiger partial charge in [0.25, 0.3) is 0 Å². The van der Waals surface area contributed by atoms with Crippen LogP contribution in [0.1, 0.15) is 18.5 Å². The van der Waals surface area contributed by atoms with Crippen LogP contribution < -0.4 is 5.32 Å². The SMILES string of the molecule is CNC(C)c1ccc2scnc2c1. The molecular weight excluding hydrogens is 180 g/mol. The molecule has 0 saturated carbocycles. The molecule has 0 amide bonds. The van der Waals surface area contributed by atoms with Crippen LogP contribution in [0.5, 0.6) is 0 Å². The van der Waals surface area contributed by atoms with Crippen molar-refractivity contribution in [2.45, 2.75) is 13.0 Å². The molecule has 0 radical (unpaired) electrons. The van der Waals surface area contributed by atoms with Gasteiger partial charge in [-0.25, -0.2) is 4.98 Å². The van der Waals surface area contributed by atoms with Gasteiger partial charge in [-0.3, -0.25) is 0 Å². The van der Waals surface area contributed by atoms with Crippen molar-refractivity contribution in [2.24, 2.45) is 0 Å². The van der Waals surface area contributed by atoms with Gasteiger partial charge in [-0.1, -0.05) is 6.07 Å². The number of rotatable bonds is 2. The Bertz CT molecular complexity index is 408. The van der Waals surface area contributed by atoms with Crippen molar-refractivity contribution < 1.29 is 0 Å². The first-order valence-corrected chi connectivity index (χ1v) is 5.19. The van der Waals surface area contributed by atoms with Crippen molar-refractivity contribution >= 4 is 21.6 Å². The van der Waals surface area contributed by atoms with Crippen molar-refractivity contribution in [1.82, 2.24) is 10.3 Å². The molecule has 1 aromatic carbocycles. The summed E-state index contributed by atoms with van der Waals surface area (Å²) < 4.78 is 1.26. The van der Waals surface area contributed by atoms with E-state index in [1.165, 1.54) is 10.3 Å². The monoisotopic (exact) mass is 192 g/mol. The van der Waals surface area contributed by atoms with E-state index in [9.17, 15) is 0 Å². The molecule has 1 aromatic heterocycles. The number of hydrogen-bond acceptors (Lipinski definition) is 3. The summed E-state index contributed by atoms with van der Waals surface area (Å²) in [5.74, 6) is 0. The van der Waals surface area contributed by atoms with Crippen molar-refractivity contribution in [2.75, 3.05) is 7.05 Å². The maximum absolute atomic E-state index is 4.29. The van der Waals surface area contributed by atoms with E-state index in [0.717, 1.165) is 5.52 Å². The minimum absolute atomic E-state index is 0.395. The number of aromatic nitrogens is 1. The summed E-state index contributed by atoms with van der Waals surface area (Å²) in [5, 5.41) is 3.21. The minimum atomic E-state index is 0.395. The highest BCUT2D eigenvalue weighted by atomic mass is 32.1. The number of nitrogens with one attached hydrogen (secondary N) is 1. The van der Waals surface area contributed by atoms with Gasteiger partial charge < -0.3 is 5.32 Å². The first-order valence-electron chi connectivity index (χ1n) is 4.31. The minimum Gasteiger partial charge on any atom is -0.313 e. The zero-order valence-corrected chi connectivity index (χ0v) is 8.56. The van der Waals surface area contributed by atoms with Crippen molar-refractivity contribution in [3.05, 3.63) is 29.3 Å². The van der Waals surface area contributed by atoms with Crippen molar-refractivity contribution in [3.63, 3.8) is 0 Å². The molecule has 0 bridgehead atoms.